The van der Waals surface area contributed by atoms with Crippen molar-refractivity contribution in [3.63, 3.8) is 0 Å². The van der Waals surface area contributed by atoms with Gasteiger partial charge in [0.2, 0.25) is 5.91 Å². The molecular weight excluding hydrogens is 326 g/mol. The highest BCUT2D eigenvalue weighted by Gasteiger charge is 2.18. The number of hydrogen-bond acceptors (Lipinski definition) is 4. The van der Waals surface area contributed by atoms with E-state index in [0.717, 1.165) is 17.0 Å². The molecule has 0 bridgehead atoms. The summed E-state index contributed by atoms with van der Waals surface area (Å²) in [5.41, 5.74) is 7.04. The van der Waals surface area contributed by atoms with Crippen molar-refractivity contribution in [3.8, 4) is 5.69 Å². The van der Waals surface area contributed by atoms with Crippen molar-refractivity contribution in [1.29, 1.82) is 0 Å². The highest BCUT2D eigenvalue weighted by atomic mass is 32.2. The summed E-state index contributed by atoms with van der Waals surface area (Å²) in [4.78, 5) is 23.2. The molecule has 0 fully saturated rings. The maximum Gasteiger partial charge on any atom is 0.312 e. The molecule has 1 atom stereocenters. The van der Waals surface area contributed by atoms with Crippen LogP contribution in [0.2, 0.25) is 0 Å². The number of hydrogen-bond donors (Lipinski definition) is 3. The van der Waals surface area contributed by atoms with Gasteiger partial charge in [0.25, 0.3) is 0 Å². The lowest BCUT2D eigenvalue weighted by Gasteiger charge is -2.17. The van der Waals surface area contributed by atoms with Gasteiger partial charge in [0, 0.05) is 18.9 Å². The van der Waals surface area contributed by atoms with Crippen LogP contribution < -0.4 is 16.4 Å². The number of nitrogens with two attached hydrogens (primary N) is 1. The average Bonchev–Trinajstić information content (AvgIpc) is 3.11. The summed E-state index contributed by atoms with van der Waals surface area (Å²) in [6, 6.07) is 8.26. The topological polar surface area (TPSA) is 102 Å². The van der Waals surface area contributed by atoms with Crippen LogP contribution in [0.15, 0.2) is 42.7 Å². The van der Waals surface area contributed by atoms with Gasteiger partial charge >= 0.3 is 6.03 Å². The maximum atomic E-state index is 12.2. The zero-order valence-corrected chi connectivity index (χ0v) is 14.3. The number of carbonyl (C=O) groups is 2. The van der Waals surface area contributed by atoms with E-state index < -0.39 is 12.1 Å². The Morgan fingerprint density at radius 2 is 2.08 bits per heavy atom. The van der Waals surface area contributed by atoms with Crippen molar-refractivity contribution in [1.82, 2.24) is 20.4 Å². The van der Waals surface area contributed by atoms with Crippen LogP contribution >= 0.6 is 11.8 Å². The third kappa shape index (κ3) is 5.31. The minimum atomic E-state index is -0.695. The van der Waals surface area contributed by atoms with Gasteiger partial charge in [-0.3, -0.25) is 4.79 Å². The summed E-state index contributed by atoms with van der Waals surface area (Å²) in [6.45, 7) is 0.383. The fourth-order valence-electron chi connectivity index (χ4n) is 2.18. The number of amides is 3. The van der Waals surface area contributed by atoms with Crippen LogP contribution in [-0.4, -0.2) is 39.8 Å². The zero-order valence-electron chi connectivity index (χ0n) is 13.4. The third-order valence-electron chi connectivity index (χ3n) is 3.42. The molecule has 1 aromatic heterocycles. The Bertz CT molecular complexity index is 658. The summed E-state index contributed by atoms with van der Waals surface area (Å²) >= 11 is 1.61. The lowest BCUT2D eigenvalue weighted by atomic mass is 10.1. The van der Waals surface area contributed by atoms with Crippen molar-refractivity contribution in [2.45, 2.75) is 19.0 Å². The van der Waals surface area contributed by atoms with Gasteiger partial charge in [0.15, 0.2) is 0 Å². The van der Waals surface area contributed by atoms with Gasteiger partial charge in [-0.2, -0.15) is 16.9 Å². The number of benzene rings is 1. The van der Waals surface area contributed by atoms with Crippen molar-refractivity contribution < 1.29 is 9.59 Å². The quantitative estimate of drug-likeness (QED) is 0.669. The van der Waals surface area contributed by atoms with Crippen molar-refractivity contribution in [2.75, 3.05) is 12.0 Å². The fraction of sp³-hybridized carbons (Fsp3) is 0.312. The molecule has 8 heteroatoms. The summed E-state index contributed by atoms with van der Waals surface area (Å²) in [5, 5.41) is 9.47. The van der Waals surface area contributed by atoms with E-state index in [-0.39, 0.29) is 5.91 Å². The molecule has 0 radical (unpaired) electrons. The molecule has 3 amide bonds. The Balaban J connectivity index is 1.90. The lowest BCUT2D eigenvalue weighted by molar-refractivity contribution is -0.123. The summed E-state index contributed by atoms with van der Waals surface area (Å²) in [6.07, 6.45) is 6.06. The zero-order chi connectivity index (χ0) is 17.4. The summed E-state index contributed by atoms with van der Waals surface area (Å²) < 4.78 is 1.76. The van der Waals surface area contributed by atoms with Crippen LogP contribution in [0.5, 0.6) is 0 Å². The number of rotatable bonds is 8. The van der Waals surface area contributed by atoms with Crippen LogP contribution in [0.25, 0.3) is 5.69 Å². The van der Waals surface area contributed by atoms with Crippen LogP contribution in [0.3, 0.4) is 0 Å². The van der Waals surface area contributed by atoms with E-state index in [1.165, 1.54) is 0 Å². The van der Waals surface area contributed by atoms with Crippen molar-refractivity contribution in [2.24, 2.45) is 5.73 Å². The van der Waals surface area contributed by atoms with E-state index >= 15 is 0 Å². The first kappa shape index (κ1) is 17.9. The second-order valence-electron chi connectivity index (χ2n) is 5.18. The molecule has 0 aliphatic heterocycles. The smallest absolute Gasteiger partial charge is 0.312 e. The Morgan fingerprint density at radius 1 is 1.33 bits per heavy atom. The molecule has 0 aliphatic carbocycles. The average molecular weight is 347 g/mol. The van der Waals surface area contributed by atoms with E-state index in [1.807, 2.05) is 42.8 Å². The summed E-state index contributed by atoms with van der Waals surface area (Å²) in [5.74, 6) is 0.524. The largest absolute Gasteiger partial charge is 0.352 e. The van der Waals surface area contributed by atoms with Gasteiger partial charge in [0.05, 0.1) is 5.69 Å². The van der Waals surface area contributed by atoms with Gasteiger partial charge in [0.1, 0.15) is 6.04 Å². The Kier molecular flexibility index (Phi) is 6.68. The predicted molar refractivity (Wildman–Crippen MR) is 94.9 cm³/mol. The van der Waals surface area contributed by atoms with E-state index in [0.29, 0.717) is 13.0 Å². The predicted octanol–water partition coefficient (Wildman–Crippen LogP) is 1.28. The molecule has 1 aromatic carbocycles. The molecule has 2 rings (SSSR count). The first-order valence-electron chi connectivity index (χ1n) is 7.51. The number of thioether (sulfide) groups is 1. The van der Waals surface area contributed by atoms with Crippen molar-refractivity contribution in [3.05, 3.63) is 48.3 Å². The minimum absolute atomic E-state index is 0.237. The second kappa shape index (κ2) is 8.97. The first-order valence-corrected chi connectivity index (χ1v) is 8.91. The maximum absolute atomic E-state index is 12.2. The molecule has 7 nitrogen and oxygen atoms in total. The third-order valence-corrected chi connectivity index (χ3v) is 4.06. The minimum Gasteiger partial charge on any atom is -0.352 e. The van der Waals surface area contributed by atoms with Gasteiger partial charge in [-0.05, 0) is 42.2 Å². The molecular formula is C16H21N5O2S. The highest BCUT2D eigenvalue weighted by Crippen LogP contribution is 2.09. The van der Waals surface area contributed by atoms with Gasteiger partial charge in [-0.25, -0.2) is 9.48 Å². The molecule has 24 heavy (non-hydrogen) atoms. The normalized spacial score (nSPS) is 11.7. The Labute approximate surface area is 145 Å². The van der Waals surface area contributed by atoms with Crippen LogP contribution in [0.1, 0.15) is 12.0 Å². The van der Waals surface area contributed by atoms with Crippen LogP contribution in [-0.2, 0) is 11.3 Å². The number of urea groups is 1. The lowest BCUT2D eigenvalue weighted by Crippen LogP contribution is -2.48. The van der Waals surface area contributed by atoms with E-state index in [9.17, 15) is 9.59 Å². The number of primary amides is 1. The standard InChI is InChI=1S/C16H21N5O2S/c1-24-10-7-14(20-16(17)23)15(22)18-11-12-3-5-13(6-4-12)21-9-2-8-19-21/h2-6,8-9,14H,7,10-11H2,1H3,(H,18,22)(H3,17,20,23)/t14-/m1/s1. The molecule has 2 aromatic rings. The van der Waals surface area contributed by atoms with Crippen LogP contribution in [0, 0.1) is 0 Å². The van der Waals surface area contributed by atoms with Crippen LogP contribution in [0.4, 0.5) is 4.79 Å². The number of nitrogens with one attached hydrogen (secondary N) is 2. The van der Waals surface area contributed by atoms with E-state index in [2.05, 4.69) is 15.7 Å². The molecule has 0 aliphatic rings. The number of aromatic nitrogens is 2. The molecule has 0 saturated carbocycles. The Morgan fingerprint density at radius 3 is 2.67 bits per heavy atom. The SMILES string of the molecule is CSCC[C@@H](NC(N)=O)C(=O)NCc1ccc(-n2cccn2)cc1. The van der Waals surface area contributed by atoms with E-state index in [4.69, 9.17) is 5.73 Å². The molecule has 4 N–H and O–H groups in total. The molecule has 1 heterocycles. The summed E-state index contributed by atoms with van der Waals surface area (Å²) in [7, 11) is 0. The number of carbonyl (C=O) groups excluding carboxylic acids is 2. The second-order valence-corrected chi connectivity index (χ2v) is 6.16. The monoisotopic (exact) mass is 347 g/mol. The molecule has 0 saturated heterocycles. The molecule has 128 valence electrons. The van der Waals surface area contributed by atoms with Gasteiger partial charge in [-0.1, -0.05) is 12.1 Å². The van der Waals surface area contributed by atoms with E-state index in [1.54, 1.807) is 22.6 Å². The fourth-order valence-corrected chi connectivity index (χ4v) is 2.65. The van der Waals surface area contributed by atoms with Gasteiger partial charge < -0.3 is 16.4 Å². The Hall–Kier alpha value is -2.48. The molecule has 0 unspecified atom stereocenters. The molecule has 0 spiro atoms. The number of nitrogens with zero attached hydrogens (tertiary/aromatic N) is 2. The van der Waals surface area contributed by atoms with Crippen molar-refractivity contribution >= 4 is 23.7 Å². The first-order chi connectivity index (χ1) is 11.6. The highest BCUT2D eigenvalue weighted by molar-refractivity contribution is 7.98. The van der Waals surface area contributed by atoms with Gasteiger partial charge in [-0.15, -0.1) is 0 Å².